The molecule has 112 valence electrons. The van der Waals surface area contributed by atoms with E-state index in [0.29, 0.717) is 24.3 Å². The Balaban J connectivity index is 1.71. The van der Waals surface area contributed by atoms with Crippen LogP contribution in [0.4, 0.5) is 0 Å². The molecule has 1 N–H and O–H groups in total. The Labute approximate surface area is 127 Å². The van der Waals surface area contributed by atoms with Crippen LogP contribution in [0.1, 0.15) is 11.1 Å². The second kappa shape index (κ2) is 5.79. The first-order valence-electron chi connectivity index (χ1n) is 6.84. The predicted octanol–water partition coefficient (Wildman–Crippen LogP) is 2.45. The average Bonchev–Trinajstić information content (AvgIpc) is 2.86. The Morgan fingerprint density at radius 1 is 1.29 bits per heavy atom. The van der Waals surface area contributed by atoms with E-state index in [1.54, 1.807) is 0 Å². The molecule has 2 aromatic rings. The van der Waals surface area contributed by atoms with Crippen molar-refractivity contribution in [3.8, 4) is 11.5 Å². The van der Waals surface area contributed by atoms with E-state index in [1.807, 2.05) is 19.1 Å². The Morgan fingerprint density at radius 2 is 2.10 bits per heavy atom. The minimum absolute atomic E-state index is 0.123. The fourth-order valence-corrected chi connectivity index (χ4v) is 3.18. The van der Waals surface area contributed by atoms with Crippen molar-refractivity contribution in [3.05, 3.63) is 29.3 Å². The quantitative estimate of drug-likeness (QED) is 0.856. The normalized spacial score (nSPS) is 16.7. The summed E-state index contributed by atoms with van der Waals surface area (Å²) in [5, 5.41) is 18.1. The minimum Gasteiger partial charge on any atom is -0.411 e. The van der Waals surface area contributed by atoms with Crippen LogP contribution in [0.2, 0.25) is 0 Å². The lowest BCUT2D eigenvalue weighted by Gasteiger charge is -2.39. The third-order valence-corrected chi connectivity index (χ3v) is 4.84. The first kappa shape index (κ1) is 14.6. The summed E-state index contributed by atoms with van der Waals surface area (Å²) in [6, 6.07) is 6.13. The fourth-order valence-electron chi connectivity index (χ4n) is 2.26. The van der Waals surface area contributed by atoms with Gasteiger partial charge in [0.15, 0.2) is 0 Å². The van der Waals surface area contributed by atoms with Crippen molar-refractivity contribution in [3.63, 3.8) is 0 Å². The summed E-state index contributed by atoms with van der Waals surface area (Å²) in [5.74, 6) is 1.26. The number of hydrogen-bond acceptors (Lipinski definition) is 6. The summed E-state index contributed by atoms with van der Waals surface area (Å²) in [4.78, 5) is 0. The highest BCUT2D eigenvalue weighted by atomic mass is 32.2. The van der Waals surface area contributed by atoms with Gasteiger partial charge in [-0.25, -0.2) is 0 Å². The van der Waals surface area contributed by atoms with Crippen LogP contribution in [-0.4, -0.2) is 40.9 Å². The molecule has 5 nitrogen and oxygen atoms in total. The van der Waals surface area contributed by atoms with Gasteiger partial charge in [0, 0.05) is 16.7 Å². The molecule has 1 aromatic carbocycles. The Morgan fingerprint density at radius 3 is 2.71 bits per heavy atom. The van der Waals surface area contributed by atoms with Gasteiger partial charge in [-0.15, -0.1) is 10.2 Å². The standard InChI is InChI=1S/C15H18N2O3S/c1-10-3-4-12(11(2)5-10)13-16-17-14(20-13)21-9-15(6-18)7-19-8-15/h3-5,18H,6-9H2,1-2H3. The van der Waals surface area contributed by atoms with Gasteiger partial charge in [0.25, 0.3) is 5.22 Å². The average molecular weight is 306 g/mol. The molecule has 1 saturated heterocycles. The highest BCUT2D eigenvalue weighted by Gasteiger charge is 2.38. The zero-order valence-electron chi connectivity index (χ0n) is 12.1. The molecule has 0 spiro atoms. The summed E-state index contributed by atoms with van der Waals surface area (Å²) in [6.45, 7) is 5.40. The monoisotopic (exact) mass is 306 g/mol. The summed E-state index contributed by atoms with van der Waals surface area (Å²) >= 11 is 1.47. The third kappa shape index (κ3) is 2.97. The first-order chi connectivity index (χ1) is 10.1. The van der Waals surface area contributed by atoms with Crippen molar-refractivity contribution in [1.29, 1.82) is 0 Å². The molecule has 0 amide bonds. The summed E-state index contributed by atoms with van der Waals surface area (Å²) in [6.07, 6.45) is 0. The Hall–Kier alpha value is -1.37. The fraction of sp³-hybridized carbons (Fsp3) is 0.467. The minimum atomic E-state index is -0.154. The molecule has 0 unspecified atom stereocenters. The SMILES string of the molecule is Cc1ccc(-c2nnc(SCC3(CO)COC3)o2)c(C)c1. The van der Waals surface area contributed by atoms with Gasteiger partial charge >= 0.3 is 0 Å². The van der Waals surface area contributed by atoms with E-state index in [-0.39, 0.29) is 12.0 Å². The van der Waals surface area contributed by atoms with Gasteiger partial charge < -0.3 is 14.3 Å². The second-order valence-corrected chi connectivity index (χ2v) is 6.56. The lowest BCUT2D eigenvalue weighted by Crippen LogP contribution is -2.47. The molecule has 0 radical (unpaired) electrons. The summed E-state index contributed by atoms with van der Waals surface area (Å²) < 4.78 is 10.9. The van der Waals surface area contributed by atoms with Crippen molar-refractivity contribution in [1.82, 2.24) is 10.2 Å². The van der Waals surface area contributed by atoms with Crippen molar-refractivity contribution < 1.29 is 14.3 Å². The number of nitrogens with zero attached hydrogens (tertiary/aromatic N) is 2. The van der Waals surface area contributed by atoms with Gasteiger partial charge in [-0.3, -0.25) is 0 Å². The van der Waals surface area contributed by atoms with Crippen LogP contribution in [0.3, 0.4) is 0 Å². The predicted molar refractivity (Wildman–Crippen MR) is 80.3 cm³/mol. The van der Waals surface area contributed by atoms with E-state index in [1.165, 1.54) is 17.3 Å². The van der Waals surface area contributed by atoms with Crippen LogP contribution in [0.25, 0.3) is 11.5 Å². The van der Waals surface area contributed by atoms with Gasteiger partial charge in [0.05, 0.1) is 19.8 Å². The molecule has 0 bridgehead atoms. The largest absolute Gasteiger partial charge is 0.411 e. The zero-order chi connectivity index (χ0) is 14.9. The summed E-state index contributed by atoms with van der Waals surface area (Å²) in [7, 11) is 0. The summed E-state index contributed by atoms with van der Waals surface area (Å²) in [5.41, 5.74) is 3.14. The smallest absolute Gasteiger partial charge is 0.276 e. The Bertz CT molecular complexity index is 632. The number of aromatic nitrogens is 2. The molecular weight excluding hydrogens is 288 g/mol. The molecular formula is C15H18N2O3S. The number of aliphatic hydroxyl groups is 1. The van der Waals surface area contributed by atoms with Crippen LogP contribution >= 0.6 is 11.8 Å². The van der Waals surface area contributed by atoms with E-state index >= 15 is 0 Å². The van der Waals surface area contributed by atoms with Gasteiger partial charge in [-0.05, 0) is 25.5 Å². The highest BCUT2D eigenvalue weighted by Crippen LogP contribution is 2.34. The van der Waals surface area contributed by atoms with Gasteiger partial charge in [0.2, 0.25) is 5.89 Å². The van der Waals surface area contributed by atoms with Crippen molar-refractivity contribution in [2.75, 3.05) is 25.6 Å². The first-order valence-corrected chi connectivity index (χ1v) is 7.83. The maximum atomic E-state index is 9.40. The van der Waals surface area contributed by atoms with E-state index in [4.69, 9.17) is 9.15 Å². The van der Waals surface area contributed by atoms with Crippen molar-refractivity contribution in [2.24, 2.45) is 5.41 Å². The van der Waals surface area contributed by atoms with Crippen LogP contribution in [-0.2, 0) is 4.74 Å². The number of benzene rings is 1. The number of aliphatic hydroxyl groups excluding tert-OH is 1. The van der Waals surface area contributed by atoms with E-state index in [2.05, 4.69) is 23.2 Å². The zero-order valence-corrected chi connectivity index (χ0v) is 12.9. The maximum Gasteiger partial charge on any atom is 0.276 e. The molecule has 6 heteroatoms. The molecule has 21 heavy (non-hydrogen) atoms. The highest BCUT2D eigenvalue weighted by molar-refractivity contribution is 7.99. The van der Waals surface area contributed by atoms with Crippen LogP contribution in [0.15, 0.2) is 27.8 Å². The van der Waals surface area contributed by atoms with Gasteiger partial charge in [-0.1, -0.05) is 29.5 Å². The molecule has 1 fully saturated rings. The van der Waals surface area contributed by atoms with Gasteiger partial charge in [0.1, 0.15) is 0 Å². The molecule has 0 saturated carbocycles. The lowest BCUT2D eigenvalue weighted by molar-refractivity contribution is -0.121. The third-order valence-electron chi connectivity index (χ3n) is 3.67. The second-order valence-electron chi connectivity index (χ2n) is 5.63. The molecule has 1 aromatic heterocycles. The molecule has 2 heterocycles. The number of hydrogen-bond donors (Lipinski definition) is 1. The number of thioether (sulfide) groups is 1. The van der Waals surface area contributed by atoms with Crippen molar-refractivity contribution >= 4 is 11.8 Å². The van der Waals surface area contributed by atoms with E-state index in [0.717, 1.165) is 16.9 Å². The lowest BCUT2D eigenvalue weighted by atomic mass is 9.90. The van der Waals surface area contributed by atoms with Crippen LogP contribution < -0.4 is 0 Å². The van der Waals surface area contributed by atoms with Crippen LogP contribution in [0, 0.1) is 19.3 Å². The molecule has 0 aliphatic carbocycles. The van der Waals surface area contributed by atoms with Crippen LogP contribution in [0.5, 0.6) is 0 Å². The Kier molecular flexibility index (Phi) is 4.01. The molecule has 0 atom stereocenters. The number of rotatable bonds is 5. The van der Waals surface area contributed by atoms with E-state index < -0.39 is 0 Å². The van der Waals surface area contributed by atoms with Crippen molar-refractivity contribution in [2.45, 2.75) is 19.1 Å². The maximum absolute atomic E-state index is 9.40. The molecule has 1 aliphatic rings. The van der Waals surface area contributed by atoms with Gasteiger partial charge in [-0.2, -0.15) is 0 Å². The number of ether oxygens (including phenoxy) is 1. The molecule has 1 aliphatic heterocycles. The molecule has 3 rings (SSSR count). The topological polar surface area (TPSA) is 68.4 Å². The number of aryl methyl sites for hydroxylation is 2. The van der Waals surface area contributed by atoms with E-state index in [9.17, 15) is 5.11 Å².